The van der Waals surface area contributed by atoms with E-state index in [4.69, 9.17) is 4.98 Å². The van der Waals surface area contributed by atoms with E-state index in [1.54, 1.807) is 6.20 Å². The number of rotatable bonds is 3. The Kier molecular flexibility index (Phi) is 4.13. The number of amides is 1. The second kappa shape index (κ2) is 6.59. The van der Waals surface area contributed by atoms with Gasteiger partial charge in [0.25, 0.3) is 5.91 Å². The SMILES string of the molecule is C/C=C/c1cccc(-c2nccc(-c3cc4c([nH]3)CCNC4=O)n2)c1C. The van der Waals surface area contributed by atoms with Crippen molar-refractivity contribution in [3.05, 3.63) is 65.0 Å². The highest BCUT2D eigenvalue weighted by Crippen LogP contribution is 2.27. The third-order valence-corrected chi connectivity index (χ3v) is 4.70. The normalized spacial score (nSPS) is 13.7. The van der Waals surface area contributed by atoms with Crippen molar-refractivity contribution in [1.82, 2.24) is 20.3 Å². The first-order valence-corrected chi connectivity index (χ1v) is 8.73. The highest BCUT2D eigenvalue weighted by atomic mass is 16.1. The predicted molar refractivity (Wildman–Crippen MR) is 103 cm³/mol. The van der Waals surface area contributed by atoms with Gasteiger partial charge in [0.05, 0.1) is 17.0 Å². The van der Waals surface area contributed by atoms with Gasteiger partial charge in [-0.05, 0) is 37.1 Å². The van der Waals surface area contributed by atoms with Gasteiger partial charge in [0.15, 0.2) is 5.82 Å². The Morgan fingerprint density at radius 3 is 2.88 bits per heavy atom. The first-order chi connectivity index (χ1) is 12.7. The Hall–Kier alpha value is -3.21. The molecule has 0 bridgehead atoms. The number of benzene rings is 1. The highest BCUT2D eigenvalue weighted by molar-refractivity contribution is 5.97. The van der Waals surface area contributed by atoms with Crippen molar-refractivity contribution in [1.29, 1.82) is 0 Å². The van der Waals surface area contributed by atoms with Crippen molar-refractivity contribution in [3.63, 3.8) is 0 Å². The molecule has 0 fully saturated rings. The van der Waals surface area contributed by atoms with E-state index in [9.17, 15) is 4.79 Å². The number of nitrogens with one attached hydrogen (secondary N) is 2. The van der Waals surface area contributed by atoms with Crippen LogP contribution in [-0.2, 0) is 6.42 Å². The molecule has 5 heteroatoms. The molecule has 130 valence electrons. The van der Waals surface area contributed by atoms with E-state index < -0.39 is 0 Å². The Balaban J connectivity index is 1.77. The zero-order valence-electron chi connectivity index (χ0n) is 14.8. The number of carbonyl (C=O) groups is 1. The lowest BCUT2D eigenvalue weighted by atomic mass is 10.0. The van der Waals surface area contributed by atoms with Gasteiger partial charge in [0.2, 0.25) is 0 Å². The summed E-state index contributed by atoms with van der Waals surface area (Å²) in [5.41, 5.74) is 6.62. The van der Waals surface area contributed by atoms with Crippen LogP contribution >= 0.6 is 0 Å². The Morgan fingerprint density at radius 2 is 2.08 bits per heavy atom. The number of aromatic amines is 1. The lowest BCUT2D eigenvalue weighted by Gasteiger charge is -2.11. The fourth-order valence-electron chi connectivity index (χ4n) is 3.33. The Morgan fingerprint density at radius 1 is 1.19 bits per heavy atom. The molecular formula is C21H20N4O. The van der Waals surface area contributed by atoms with Crippen molar-refractivity contribution in [2.75, 3.05) is 6.54 Å². The fourth-order valence-corrected chi connectivity index (χ4v) is 3.33. The summed E-state index contributed by atoms with van der Waals surface area (Å²) >= 11 is 0. The van der Waals surface area contributed by atoms with Gasteiger partial charge in [0.1, 0.15) is 0 Å². The summed E-state index contributed by atoms with van der Waals surface area (Å²) in [6.07, 6.45) is 6.68. The summed E-state index contributed by atoms with van der Waals surface area (Å²) in [6, 6.07) is 9.88. The molecule has 2 aromatic heterocycles. The van der Waals surface area contributed by atoms with E-state index in [1.165, 1.54) is 0 Å². The molecule has 3 aromatic rings. The zero-order valence-corrected chi connectivity index (χ0v) is 14.8. The van der Waals surface area contributed by atoms with Gasteiger partial charge in [0, 0.05) is 30.4 Å². The summed E-state index contributed by atoms with van der Waals surface area (Å²) in [6.45, 7) is 4.75. The first kappa shape index (κ1) is 16.3. The molecule has 0 radical (unpaired) electrons. The molecule has 1 aromatic carbocycles. The molecule has 1 aliphatic rings. The van der Waals surface area contributed by atoms with Crippen molar-refractivity contribution in [2.24, 2.45) is 0 Å². The molecule has 0 saturated heterocycles. The van der Waals surface area contributed by atoms with Crippen LogP contribution in [0.4, 0.5) is 0 Å². The third-order valence-electron chi connectivity index (χ3n) is 4.70. The van der Waals surface area contributed by atoms with Gasteiger partial charge in [-0.3, -0.25) is 4.79 Å². The van der Waals surface area contributed by atoms with Crippen molar-refractivity contribution >= 4 is 12.0 Å². The fraction of sp³-hybridized carbons (Fsp3) is 0.190. The van der Waals surface area contributed by atoms with Crippen molar-refractivity contribution < 1.29 is 4.79 Å². The largest absolute Gasteiger partial charge is 0.356 e. The second-order valence-electron chi connectivity index (χ2n) is 6.37. The van der Waals surface area contributed by atoms with E-state index in [0.717, 1.165) is 40.2 Å². The van der Waals surface area contributed by atoms with Crippen LogP contribution in [0.25, 0.3) is 28.9 Å². The van der Waals surface area contributed by atoms with Crippen LogP contribution in [0.3, 0.4) is 0 Å². The molecule has 3 heterocycles. The smallest absolute Gasteiger partial charge is 0.253 e. The van der Waals surface area contributed by atoms with Gasteiger partial charge in [-0.1, -0.05) is 30.4 Å². The second-order valence-corrected chi connectivity index (χ2v) is 6.37. The summed E-state index contributed by atoms with van der Waals surface area (Å²) in [5, 5.41) is 2.87. The topological polar surface area (TPSA) is 70.7 Å². The maximum absolute atomic E-state index is 12.0. The van der Waals surface area contributed by atoms with Gasteiger partial charge in [-0.15, -0.1) is 0 Å². The molecule has 0 aliphatic carbocycles. The Labute approximate surface area is 152 Å². The number of fused-ring (bicyclic) bond motifs is 1. The molecule has 0 unspecified atom stereocenters. The van der Waals surface area contributed by atoms with E-state index in [2.05, 4.69) is 34.4 Å². The van der Waals surface area contributed by atoms with Gasteiger partial charge >= 0.3 is 0 Å². The maximum Gasteiger partial charge on any atom is 0.253 e. The molecular weight excluding hydrogens is 324 g/mol. The van der Waals surface area contributed by atoms with Crippen LogP contribution in [0.1, 0.15) is 34.1 Å². The van der Waals surface area contributed by atoms with Crippen LogP contribution in [0, 0.1) is 6.92 Å². The van der Waals surface area contributed by atoms with Crippen LogP contribution in [-0.4, -0.2) is 27.4 Å². The number of hydrogen-bond acceptors (Lipinski definition) is 3. The predicted octanol–water partition coefficient (Wildman–Crippen LogP) is 3.77. The molecule has 0 spiro atoms. The van der Waals surface area contributed by atoms with Crippen molar-refractivity contribution in [3.8, 4) is 22.8 Å². The molecule has 5 nitrogen and oxygen atoms in total. The van der Waals surface area contributed by atoms with Crippen LogP contribution in [0.5, 0.6) is 0 Å². The number of nitrogens with zero attached hydrogens (tertiary/aromatic N) is 2. The summed E-state index contributed by atoms with van der Waals surface area (Å²) < 4.78 is 0. The quantitative estimate of drug-likeness (QED) is 0.760. The van der Waals surface area contributed by atoms with Crippen LogP contribution in [0.2, 0.25) is 0 Å². The molecule has 2 N–H and O–H groups in total. The van der Waals surface area contributed by atoms with E-state index >= 15 is 0 Å². The van der Waals surface area contributed by atoms with E-state index in [0.29, 0.717) is 17.9 Å². The maximum atomic E-state index is 12.0. The summed E-state index contributed by atoms with van der Waals surface area (Å²) in [7, 11) is 0. The summed E-state index contributed by atoms with van der Waals surface area (Å²) in [5.74, 6) is 0.654. The standard InChI is InChI=1S/C21H20N4O/c1-3-5-14-6-4-7-15(13(14)2)20-22-10-9-18(25-20)19-12-16-17(24-19)8-11-23-21(16)26/h3-7,9-10,12,24H,8,11H2,1-2H3,(H,23,26)/b5-3+. The molecule has 0 saturated carbocycles. The third kappa shape index (κ3) is 2.81. The number of carbonyl (C=O) groups excluding carboxylic acids is 1. The molecule has 0 atom stereocenters. The van der Waals surface area contributed by atoms with Crippen LogP contribution in [0.15, 0.2) is 42.6 Å². The average Bonchev–Trinajstić information content (AvgIpc) is 3.10. The number of aromatic nitrogens is 3. The van der Waals surface area contributed by atoms with Crippen molar-refractivity contribution in [2.45, 2.75) is 20.3 Å². The number of hydrogen-bond donors (Lipinski definition) is 2. The van der Waals surface area contributed by atoms with E-state index in [1.807, 2.05) is 37.3 Å². The van der Waals surface area contributed by atoms with Gasteiger partial charge in [-0.2, -0.15) is 0 Å². The molecule has 4 rings (SSSR count). The minimum absolute atomic E-state index is 0.0297. The number of H-pyrrole nitrogens is 1. The highest BCUT2D eigenvalue weighted by Gasteiger charge is 2.20. The minimum Gasteiger partial charge on any atom is -0.356 e. The first-order valence-electron chi connectivity index (χ1n) is 8.73. The van der Waals surface area contributed by atoms with Gasteiger partial charge in [-0.25, -0.2) is 9.97 Å². The Bertz CT molecular complexity index is 1020. The lowest BCUT2D eigenvalue weighted by molar-refractivity contribution is 0.0946. The monoisotopic (exact) mass is 344 g/mol. The average molecular weight is 344 g/mol. The molecule has 1 amide bonds. The molecule has 26 heavy (non-hydrogen) atoms. The van der Waals surface area contributed by atoms with Crippen LogP contribution < -0.4 is 5.32 Å². The lowest BCUT2D eigenvalue weighted by Crippen LogP contribution is -2.31. The zero-order chi connectivity index (χ0) is 18.1. The summed E-state index contributed by atoms with van der Waals surface area (Å²) in [4.78, 5) is 24.5. The minimum atomic E-state index is -0.0297. The van der Waals surface area contributed by atoms with Gasteiger partial charge < -0.3 is 10.3 Å². The number of allylic oxidation sites excluding steroid dienone is 1. The van der Waals surface area contributed by atoms with E-state index in [-0.39, 0.29) is 5.91 Å². The molecule has 1 aliphatic heterocycles.